The van der Waals surface area contributed by atoms with Crippen molar-refractivity contribution in [1.82, 2.24) is 9.97 Å². The molecular weight excluding hydrogens is 178 g/mol. The number of aromatic hydroxyl groups is 1. The van der Waals surface area contributed by atoms with Crippen LogP contribution in [0.2, 0.25) is 0 Å². The summed E-state index contributed by atoms with van der Waals surface area (Å²) in [5.41, 5.74) is 5.95. The van der Waals surface area contributed by atoms with Crippen molar-refractivity contribution in [2.24, 2.45) is 5.73 Å². The van der Waals surface area contributed by atoms with Crippen molar-refractivity contribution in [2.75, 3.05) is 6.54 Å². The second-order valence-corrected chi connectivity index (χ2v) is 4.31. The van der Waals surface area contributed by atoms with Crippen molar-refractivity contribution in [3.8, 4) is 5.75 Å². The normalized spacial score (nSPS) is 11.7. The van der Waals surface area contributed by atoms with Gasteiger partial charge in [-0.2, -0.15) is 0 Å². The third-order valence-electron chi connectivity index (χ3n) is 1.90. The number of hydrogen-bond acceptors (Lipinski definition) is 4. The first-order valence-corrected chi connectivity index (χ1v) is 4.70. The van der Waals surface area contributed by atoms with Crippen molar-refractivity contribution in [3.63, 3.8) is 0 Å². The van der Waals surface area contributed by atoms with E-state index in [1.165, 1.54) is 6.20 Å². The molecule has 0 radical (unpaired) electrons. The molecule has 0 atom stereocenters. The van der Waals surface area contributed by atoms with E-state index in [2.05, 4.69) is 9.97 Å². The van der Waals surface area contributed by atoms with Crippen molar-refractivity contribution in [2.45, 2.75) is 32.6 Å². The van der Waals surface area contributed by atoms with Gasteiger partial charge in [0.15, 0.2) is 5.75 Å². The molecule has 0 fully saturated rings. The van der Waals surface area contributed by atoms with Gasteiger partial charge in [-0.15, -0.1) is 0 Å². The van der Waals surface area contributed by atoms with Crippen LogP contribution in [0.3, 0.4) is 0 Å². The van der Waals surface area contributed by atoms with E-state index in [4.69, 9.17) is 5.73 Å². The van der Waals surface area contributed by atoms with Crippen LogP contribution >= 0.6 is 0 Å². The average molecular weight is 195 g/mol. The van der Waals surface area contributed by atoms with E-state index in [-0.39, 0.29) is 11.2 Å². The maximum atomic E-state index is 9.45. The predicted molar refractivity (Wildman–Crippen MR) is 55.2 cm³/mol. The molecule has 4 heteroatoms. The Morgan fingerprint density at radius 3 is 2.57 bits per heavy atom. The molecule has 1 aromatic rings. The summed E-state index contributed by atoms with van der Waals surface area (Å²) in [6.07, 6.45) is 2.02. The summed E-state index contributed by atoms with van der Waals surface area (Å²) >= 11 is 0. The minimum atomic E-state index is -0.100. The van der Waals surface area contributed by atoms with Gasteiger partial charge in [-0.05, 0) is 6.54 Å². The zero-order chi connectivity index (χ0) is 10.8. The van der Waals surface area contributed by atoms with Gasteiger partial charge in [-0.25, -0.2) is 9.97 Å². The van der Waals surface area contributed by atoms with Gasteiger partial charge in [-0.1, -0.05) is 20.8 Å². The summed E-state index contributed by atoms with van der Waals surface area (Å²) in [5, 5.41) is 9.45. The Morgan fingerprint density at radius 2 is 2.07 bits per heavy atom. The molecule has 0 amide bonds. The van der Waals surface area contributed by atoms with Gasteiger partial charge < -0.3 is 10.8 Å². The molecule has 78 valence electrons. The zero-order valence-electron chi connectivity index (χ0n) is 8.91. The molecule has 0 aliphatic heterocycles. The zero-order valence-corrected chi connectivity index (χ0v) is 8.91. The monoisotopic (exact) mass is 195 g/mol. The molecule has 1 heterocycles. The summed E-state index contributed by atoms with van der Waals surface area (Å²) in [7, 11) is 0. The lowest BCUT2D eigenvalue weighted by molar-refractivity contribution is 0.452. The first kappa shape index (κ1) is 10.9. The van der Waals surface area contributed by atoms with Crippen molar-refractivity contribution < 1.29 is 5.11 Å². The second-order valence-electron chi connectivity index (χ2n) is 4.31. The van der Waals surface area contributed by atoms with Gasteiger partial charge in [0.1, 0.15) is 5.82 Å². The summed E-state index contributed by atoms with van der Waals surface area (Å²) in [5.74, 6) is 0.863. The SMILES string of the molecule is CC(C)(C)c1ncc(O)c(CCN)n1. The maximum absolute atomic E-state index is 9.45. The molecule has 0 saturated carbocycles. The van der Waals surface area contributed by atoms with Crippen LogP contribution in [-0.2, 0) is 11.8 Å². The molecule has 1 rings (SSSR count). The molecule has 0 bridgehead atoms. The number of nitrogens with zero attached hydrogens (tertiary/aromatic N) is 2. The van der Waals surface area contributed by atoms with E-state index in [0.29, 0.717) is 18.7 Å². The lowest BCUT2D eigenvalue weighted by Gasteiger charge is -2.17. The van der Waals surface area contributed by atoms with E-state index in [1.54, 1.807) is 0 Å². The molecule has 4 nitrogen and oxygen atoms in total. The summed E-state index contributed by atoms with van der Waals surface area (Å²) < 4.78 is 0. The van der Waals surface area contributed by atoms with Crippen LogP contribution in [0, 0.1) is 0 Å². The third-order valence-corrected chi connectivity index (χ3v) is 1.90. The van der Waals surface area contributed by atoms with E-state index >= 15 is 0 Å². The highest BCUT2D eigenvalue weighted by molar-refractivity contribution is 5.24. The van der Waals surface area contributed by atoms with Gasteiger partial charge in [0.05, 0.1) is 11.9 Å². The maximum Gasteiger partial charge on any atom is 0.155 e. The highest BCUT2D eigenvalue weighted by atomic mass is 16.3. The highest BCUT2D eigenvalue weighted by Crippen LogP contribution is 2.21. The van der Waals surface area contributed by atoms with Gasteiger partial charge >= 0.3 is 0 Å². The fourth-order valence-electron chi connectivity index (χ4n) is 1.09. The van der Waals surface area contributed by atoms with E-state index in [1.807, 2.05) is 20.8 Å². The summed E-state index contributed by atoms with van der Waals surface area (Å²) in [6.45, 7) is 6.58. The van der Waals surface area contributed by atoms with E-state index in [9.17, 15) is 5.11 Å². The standard InChI is InChI=1S/C10H17N3O/c1-10(2,3)9-12-6-8(14)7(13-9)4-5-11/h6,14H,4-5,11H2,1-3H3. The Kier molecular flexibility index (Phi) is 3.06. The van der Waals surface area contributed by atoms with Crippen LogP contribution in [0.5, 0.6) is 5.75 Å². The molecule has 0 unspecified atom stereocenters. The van der Waals surface area contributed by atoms with Crippen molar-refractivity contribution in [3.05, 3.63) is 17.7 Å². The average Bonchev–Trinajstić information content (AvgIpc) is 2.07. The fraction of sp³-hybridized carbons (Fsp3) is 0.600. The molecule has 1 aromatic heterocycles. The van der Waals surface area contributed by atoms with Crippen LogP contribution in [-0.4, -0.2) is 21.6 Å². The van der Waals surface area contributed by atoms with E-state index < -0.39 is 0 Å². The van der Waals surface area contributed by atoms with Crippen LogP contribution < -0.4 is 5.73 Å². The third kappa shape index (κ3) is 2.42. The first-order valence-electron chi connectivity index (χ1n) is 4.70. The van der Waals surface area contributed by atoms with Gasteiger partial charge in [0.2, 0.25) is 0 Å². The minimum Gasteiger partial charge on any atom is -0.504 e. The van der Waals surface area contributed by atoms with Crippen LogP contribution in [0.1, 0.15) is 32.3 Å². The molecule has 0 aliphatic rings. The lowest BCUT2D eigenvalue weighted by atomic mass is 9.95. The molecule has 14 heavy (non-hydrogen) atoms. The van der Waals surface area contributed by atoms with Crippen molar-refractivity contribution >= 4 is 0 Å². The minimum absolute atomic E-state index is 0.100. The molecule has 3 N–H and O–H groups in total. The van der Waals surface area contributed by atoms with E-state index in [0.717, 1.165) is 5.82 Å². The molecular formula is C10H17N3O. The Bertz CT molecular complexity index is 318. The van der Waals surface area contributed by atoms with Gasteiger partial charge in [-0.3, -0.25) is 0 Å². The first-order chi connectivity index (χ1) is 6.45. The second kappa shape index (κ2) is 3.92. The fourth-order valence-corrected chi connectivity index (χ4v) is 1.09. The molecule has 0 saturated heterocycles. The lowest BCUT2D eigenvalue weighted by Crippen LogP contribution is -2.17. The smallest absolute Gasteiger partial charge is 0.155 e. The Hall–Kier alpha value is -1.16. The number of hydrogen-bond donors (Lipinski definition) is 2. The van der Waals surface area contributed by atoms with Crippen LogP contribution in [0.25, 0.3) is 0 Å². The Labute approximate surface area is 84.2 Å². The predicted octanol–water partition coefficient (Wildman–Crippen LogP) is 0.981. The number of nitrogens with two attached hydrogens (primary N) is 1. The van der Waals surface area contributed by atoms with Crippen LogP contribution in [0.4, 0.5) is 0 Å². The van der Waals surface area contributed by atoms with Gasteiger partial charge in [0, 0.05) is 11.8 Å². The quantitative estimate of drug-likeness (QED) is 0.738. The summed E-state index contributed by atoms with van der Waals surface area (Å²) in [6, 6.07) is 0. The summed E-state index contributed by atoms with van der Waals surface area (Å²) in [4.78, 5) is 8.38. The topological polar surface area (TPSA) is 72.0 Å². The largest absolute Gasteiger partial charge is 0.504 e. The van der Waals surface area contributed by atoms with Crippen LogP contribution in [0.15, 0.2) is 6.20 Å². The highest BCUT2D eigenvalue weighted by Gasteiger charge is 2.18. The number of rotatable bonds is 2. The van der Waals surface area contributed by atoms with Gasteiger partial charge in [0.25, 0.3) is 0 Å². The van der Waals surface area contributed by atoms with Crippen molar-refractivity contribution in [1.29, 1.82) is 0 Å². The molecule has 0 aliphatic carbocycles. The number of aromatic nitrogens is 2. The Morgan fingerprint density at radius 1 is 1.43 bits per heavy atom. The molecule has 0 aromatic carbocycles. The molecule has 0 spiro atoms. The Balaban J connectivity index is 3.06.